The molecular formula is C14H16N2O4S. The van der Waals surface area contributed by atoms with Crippen LogP contribution in [-0.4, -0.2) is 29.7 Å². The van der Waals surface area contributed by atoms with E-state index < -0.39 is 14.9 Å². The molecule has 0 spiro atoms. The number of nitro groups is 1. The van der Waals surface area contributed by atoms with Gasteiger partial charge in [0.2, 0.25) is 10.0 Å². The van der Waals surface area contributed by atoms with E-state index in [9.17, 15) is 18.5 Å². The summed E-state index contributed by atoms with van der Waals surface area (Å²) in [6, 6.07) is 4.32. The number of nitro benzene ring substituents is 1. The Bertz CT molecular complexity index is 651. The highest BCUT2D eigenvalue weighted by molar-refractivity contribution is 7.89. The molecule has 6 nitrogen and oxygen atoms in total. The summed E-state index contributed by atoms with van der Waals surface area (Å²) in [7, 11) is -3.74. The third kappa shape index (κ3) is 2.74. The van der Waals surface area contributed by atoms with Crippen LogP contribution in [0.1, 0.15) is 12.8 Å². The number of hydrogen-bond acceptors (Lipinski definition) is 4. The minimum absolute atomic E-state index is 0.0358. The smallest absolute Gasteiger partial charge is 0.258 e. The van der Waals surface area contributed by atoms with Crippen LogP contribution in [0.4, 0.5) is 5.69 Å². The van der Waals surface area contributed by atoms with Gasteiger partial charge in [0.05, 0.1) is 9.82 Å². The number of sulfonamides is 1. The van der Waals surface area contributed by atoms with Gasteiger partial charge in [0.1, 0.15) is 0 Å². The first-order valence-corrected chi connectivity index (χ1v) is 7.89. The molecule has 0 amide bonds. The van der Waals surface area contributed by atoms with Crippen LogP contribution in [-0.2, 0) is 10.0 Å². The van der Waals surface area contributed by atoms with E-state index in [0.717, 1.165) is 0 Å². The zero-order chi connectivity index (χ0) is 15.6. The van der Waals surface area contributed by atoms with E-state index in [2.05, 4.69) is 13.2 Å². The van der Waals surface area contributed by atoms with Crippen molar-refractivity contribution in [2.75, 3.05) is 0 Å². The lowest BCUT2D eigenvalue weighted by atomic mass is 10.2. The van der Waals surface area contributed by atoms with Crippen molar-refractivity contribution in [2.45, 2.75) is 29.8 Å². The number of rotatable bonds is 5. The van der Waals surface area contributed by atoms with Crippen molar-refractivity contribution < 1.29 is 13.3 Å². The monoisotopic (exact) mass is 308 g/mol. The normalized spacial score (nSPS) is 22.9. The number of nitrogens with zero attached hydrogens (tertiary/aromatic N) is 2. The van der Waals surface area contributed by atoms with E-state index in [1.807, 2.05) is 0 Å². The van der Waals surface area contributed by atoms with Gasteiger partial charge in [-0.2, -0.15) is 4.31 Å². The maximum Gasteiger partial charge on any atom is 0.269 e. The van der Waals surface area contributed by atoms with Crippen LogP contribution < -0.4 is 0 Å². The molecule has 2 atom stereocenters. The molecule has 0 aromatic heterocycles. The van der Waals surface area contributed by atoms with Crippen LogP contribution in [0.3, 0.4) is 0 Å². The van der Waals surface area contributed by atoms with E-state index in [1.165, 1.54) is 28.6 Å². The molecule has 1 heterocycles. The Balaban J connectivity index is 2.42. The molecule has 1 aliphatic heterocycles. The molecule has 0 bridgehead atoms. The van der Waals surface area contributed by atoms with Gasteiger partial charge in [0.15, 0.2) is 0 Å². The Labute approximate surface area is 123 Å². The van der Waals surface area contributed by atoms with Gasteiger partial charge in [-0.05, 0) is 25.0 Å². The second-order valence-corrected chi connectivity index (χ2v) is 6.61. The highest BCUT2D eigenvalue weighted by Crippen LogP contribution is 2.32. The van der Waals surface area contributed by atoms with Crippen molar-refractivity contribution >= 4 is 15.7 Å². The Kier molecular flexibility index (Phi) is 4.24. The van der Waals surface area contributed by atoms with Crippen LogP contribution in [0.2, 0.25) is 0 Å². The van der Waals surface area contributed by atoms with E-state index in [1.54, 1.807) is 12.2 Å². The average Bonchev–Trinajstić information content (AvgIpc) is 2.91. The van der Waals surface area contributed by atoms with Crippen LogP contribution >= 0.6 is 0 Å². The van der Waals surface area contributed by atoms with Crippen molar-refractivity contribution in [1.82, 2.24) is 4.31 Å². The van der Waals surface area contributed by atoms with Crippen molar-refractivity contribution in [3.8, 4) is 0 Å². The molecule has 0 N–H and O–H groups in total. The molecule has 0 radical (unpaired) electrons. The molecule has 1 aromatic carbocycles. The first kappa shape index (κ1) is 15.4. The lowest BCUT2D eigenvalue weighted by Gasteiger charge is -2.26. The van der Waals surface area contributed by atoms with Crippen molar-refractivity contribution in [3.63, 3.8) is 0 Å². The quantitative estimate of drug-likeness (QED) is 0.475. The van der Waals surface area contributed by atoms with Crippen LogP contribution in [0, 0.1) is 10.1 Å². The molecule has 0 saturated carbocycles. The molecule has 0 unspecified atom stereocenters. The van der Waals surface area contributed by atoms with Crippen LogP contribution in [0.25, 0.3) is 0 Å². The summed E-state index contributed by atoms with van der Waals surface area (Å²) >= 11 is 0. The zero-order valence-electron chi connectivity index (χ0n) is 11.4. The molecule has 21 heavy (non-hydrogen) atoms. The van der Waals surface area contributed by atoms with Gasteiger partial charge in [-0.15, -0.1) is 13.2 Å². The first-order chi connectivity index (χ1) is 9.91. The van der Waals surface area contributed by atoms with E-state index in [0.29, 0.717) is 12.8 Å². The Hall–Kier alpha value is -1.99. The number of hydrogen-bond donors (Lipinski definition) is 0. The second kappa shape index (κ2) is 5.79. The van der Waals surface area contributed by atoms with Gasteiger partial charge < -0.3 is 0 Å². The number of non-ortho nitro benzene ring substituents is 1. The van der Waals surface area contributed by atoms with Gasteiger partial charge in [-0.25, -0.2) is 8.42 Å². The predicted molar refractivity (Wildman–Crippen MR) is 79.3 cm³/mol. The lowest BCUT2D eigenvalue weighted by Crippen LogP contribution is -2.39. The van der Waals surface area contributed by atoms with Gasteiger partial charge in [-0.1, -0.05) is 12.2 Å². The number of benzene rings is 1. The second-order valence-electron chi connectivity index (χ2n) is 4.77. The fourth-order valence-corrected chi connectivity index (χ4v) is 4.32. The summed E-state index contributed by atoms with van der Waals surface area (Å²) in [4.78, 5) is 10.1. The van der Waals surface area contributed by atoms with Crippen LogP contribution in [0.15, 0.2) is 54.5 Å². The molecule has 7 heteroatoms. The summed E-state index contributed by atoms with van der Waals surface area (Å²) in [5.74, 6) is 0. The van der Waals surface area contributed by atoms with Gasteiger partial charge in [0.25, 0.3) is 5.69 Å². The van der Waals surface area contributed by atoms with Crippen molar-refractivity contribution in [1.29, 1.82) is 0 Å². The fraction of sp³-hybridized carbons (Fsp3) is 0.286. The Morgan fingerprint density at radius 2 is 1.62 bits per heavy atom. The highest BCUT2D eigenvalue weighted by atomic mass is 32.2. The summed E-state index contributed by atoms with van der Waals surface area (Å²) in [5.41, 5.74) is -0.143. The van der Waals surface area contributed by atoms with Gasteiger partial charge in [0, 0.05) is 24.2 Å². The molecule has 2 rings (SSSR count). The third-order valence-electron chi connectivity index (χ3n) is 3.58. The maximum absolute atomic E-state index is 12.7. The Morgan fingerprint density at radius 1 is 1.14 bits per heavy atom. The van der Waals surface area contributed by atoms with E-state index >= 15 is 0 Å². The highest BCUT2D eigenvalue weighted by Gasteiger charge is 2.39. The van der Waals surface area contributed by atoms with Crippen molar-refractivity contribution in [2.24, 2.45) is 0 Å². The SMILES string of the molecule is C=C[C@@H]1CC[C@H](C=C)N1S(=O)(=O)c1ccc([N+](=O)[O-])cc1. The molecule has 1 fully saturated rings. The van der Waals surface area contributed by atoms with Crippen molar-refractivity contribution in [3.05, 3.63) is 59.7 Å². The summed E-state index contributed by atoms with van der Waals surface area (Å²) in [6.07, 6.45) is 4.58. The molecule has 0 aliphatic carbocycles. The molecule has 1 saturated heterocycles. The largest absolute Gasteiger partial charge is 0.269 e. The topological polar surface area (TPSA) is 80.5 Å². The third-order valence-corrected chi connectivity index (χ3v) is 5.54. The minimum Gasteiger partial charge on any atom is -0.258 e. The van der Waals surface area contributed by atoms with Gasteiger partial charge >= 0.3 is 0 Å². The Morgan fingerprint density at radius 3 is 2.00 bits per heavy atom. The first-order valence-electron chi connectivity index (χ1n) is 6.45. The molecule has 112 valence electrons. The molecule has 1 aromatic rings. The summed E-state index contributed by atoms with van der Waals surface area (Å²) < 4.78 is 26.8. The standard InChI is InChI=1S/C14H16N2O4S/c1-3-11-5-6-12(4-2)15(11)21(19,20)14-9-7-13(8-10-14)16(17)18/h3-4,7-12H,1-2,5-6H2/t11-,12+. The van der Waals surface area contributed by atoms with Crippen LogP contribution in [0.5, 0.6) is 0 Å². The predicted octanol–water partition coefficient (Wildman–Crippen LogP) is 2.49. The van der Waals surface area contributed by atoms with E-state index in [4.69, 9.17) is 0 Å². The minimum atomic E-state index is -3.74. The fourth-order valence-electron chi connectivity index (χ4n) is 2.50. The summed E-state index contributed by atoms with van der Waals surface area (Å²) in [5, 5.41) is 10.6. The molecular weight excluding hydrogens is 292 g/mol. The average molecular weight is 308 g/mol. The van der Waals surface area contributed by atoms with E-state index in [-0.39, 0.29) is 22.7 Å². The van der Waals surface area contributed by atoms with Gasteiger partial charge in [-0.3, -0.25) is 10.1 Å². The zero-order valence-corrected chi connectivity index (χ0v) is 12.2. The lowest BCUT2D eigenvalue weighted by molar-refractivity contribution is -0.384. The summed E-state index contributed by atoms with van der Waals surface area (Å²) in [6.45, 7) is 7.35. The molecule has 1 aliphatic rings. The maximum atomic E-state index is 12.7.